The van der Waals surface area contributed by atoms with E-state index in [2.05, 4.69) is 0 Å². The number of benzene rings is 2. The zero-order valence-electron chi connectivity index (χ0n) is 14.9. The minimum Gasteiger partial charge on any atom is -0.445 e. The molecule has 0 aromatic heterocycles. The summed E-state index contributed by atoms with van der Waals surface area (Å²) in [6.07, 6.45) is -1.17. The molecule has 2 aromatic rings. The van der Waals surface area contributed by atoms with E-state index in [-0.39, 0.29) is 24.7 Å². The van der Waals surface area contributed by atoms with Crippen LogP contribution in [0.4, 0.5) is 4.79 Å². The Hall–Kier alpha value is -2.38. The summed E-state index contributed by atoms with van der Waals surface area (Å²) in [5.74, 6) is -0.575. The number of aliphatic hydroxyl groups excluding tert-OH is 1. The van der Waals surface area contributed by atoms with E-state index in [1.807, 2.05) is 60.7 Å². The van der Waals surface area contributed by atoms with Gasteiger partial charge in [-0.25, -0.2) is 13.2 Å². The van der Waals surface area contributed by atoms with Crippen molar-refractivity contribution in [2.45, 2.75) is 25.2 Å². The molecule has 6 nitrogen and oxygen atoms in total. The molecule has 0 spiro atoms. The predicted octanol–water partition coefficient (Wildman–Crippen LogP) is 2.03. The summed E-state index contributed by atoms with van der Waals surface area (Å²) in [6, 6.07) is 18.1. The van der Waals surface area contributed by atoms with Gasteiger partial charge in [0.05, 0.1) is 23.7 Å². The lowest BCUT2D eigenvalue weighted by Crippen LogP contribution is -2.47. The Balaban J connectivity index is 1.71. The first-order chi connectivity index (χ1) is 12.9. The summed E-state index contributed by atoms with van der Waals surface area (Å²) < 4.78 is 29.2. The molecule has 1 fully saturated rings. The third-order valence-electron chi connectivity index (χ3n) is 4.62. The van der Waals surface area contributed by atoms with Crippen molar-refractivity contribution in [1.82, 2.24) is 4.90 Å². The van der Waals surface area contributed by atoms with Crippen molar-refractivity contribution >= 4 is 15.9 Å². The van der Waals surface area contributed by atoms with Crippen LogP contribution in [0.25, 0.3) is 0 Å². The fourth-order valence-corrected chi connectivity index (χ4v) is 5.00. The summed E-state index contributed by atoms with van der Waals surface area (Å²) in [6.45, 7) is 0.367. The third kappa shape index (κ3) is 5.30. The maximum atomic E-state index is 12.7. The summed E-state index contributed by atoms with van der Waals surface area (Å²) in [4.78, 5) is 14.0. The van der Waals surface area contributed by atoms with Crippen LogP contribution in [-0.4, -0.2) is 54.7 Å². The van der Waals surface area contributed by atoms with Gasteiger partial charge in [-0.05, 0) is 17.5 Å². The van der Waals surface area contributed by atoms with Crippen molar-refractivity contribution in [1.29, 1.82) is 0 Å². The van der Waals surface area contributed by atoms with Crippen LogP contribution in [0.5, 0.6) is 0 Å². The molecule has 27 heavy (non-hydrogen) atoms. The molecule has 7 heteroatoms. The summed E-state index contributed by atoms with van der Waals surface area (Å²) >= 11 is 0. The van der Waals surface area contributed by atoms with Crippen LogP contribution in [-0.2, 0) is 27.6 Å². The molecule has 0 radical (unpaired) electrons. The van der Waals surface area contributed by atoms with Crippen LogP contribution in [0.2, 0.25) is 0 Å². The van der Waals surface area contributed by atoms with Crippen molar-refractivity contribution in [3.8, 4) is 0 Å². The molecule has 1 aliphatic rings. The van der Waals surface area contributed by atoms with Gasteiger partial charge in [0, 0.05) is 6.54 Å². The van der Waals surface area contributed by atoms with Crippen LogP contribution in [0, 0.1) is 0 Å². The van der Waals surface area contributed by atoms with E-state index in [0.29, 0.717) is 6.42 Å². The number of hydrogen-bond donors (Lipinski definition) is 1. The Labute approximate surface area is 159 Å². The number of sulfone groups is 1. The average molecular weight is 389 g/mol. The molecule has 2 atom stereocenters. The first-order valence-corrected chi connectivity index (χ1v) is 10.7. The molecule has 144 valence electrons. The molecule has 1 aliphatic heterocycles. The van der Waals surface area contributed by atoms with E-state index in [1.54, 1.807) is 0 Å². The highest BCUT2D eigenvalue weighted by molar-refractivity contribution is 7.91. The molecule has 1 N–H and O–H groups in total. The Morgan fingerprint density at radius 1 is 1.00 bits per heavy atom. The van der Waals surface area contributed by atoms with Crippen molar-refractivity contribution in [2.75, 3.05) is 18.1 Å². The molecule has 1 saturated heterocycles. The van der Waals surface area contributed by atoms with Gasteiger partial charge in [0.1, 0.15) is 6.61 Å². The first kappa shape index (κ1) is 19.4. The van der Waals surface area contributed by atoms with Crippen LogP contribution < -0.4 is 0 Å². The van der Waals surface area contributed by atoms with E-state index in [9.17, 15) is 18.3 Å². The Bertz CT molecular complexity index is 854. The van der Waals surface area contributed by atoms with Crippen LogP contribution in [0.1, 0.15) is 11.1 Å². The quantitative estimate of drug-likeness (QED) is 0.817. The number of aliphatic hydroxyl groups is 1. The molecule has 0 bridgehead atoms. The highest BCUT2D eigenvalue weighted by Gasteiger charge is 2.42. The lowest BCUT2D eigenvalue weighted by atomic mass is 10.1. The van der Waals surface area contributed by atoms with E-state index in [4.69, 9.17) is 4.74 Å². The molecule has 2 aromatic carbocycles. The predicted molar refractivity (Wildman–Crippen MR) is 102 cm³/mol. The minimum atomic E-state index is -3.37. The SMILES string of the molecule is O=C(OCc1ccccc1)N(CCc1ccccc1)[C@@H]1CS(=O)(=O)C[C@H]1O. The number of rotatable bonds is 6. The molecular formula is C20H23NO5S. The van der Waals surface area contributed by atoms with Crippen molar-refractivity contribution < 1.29 is 23.1 Å². The number of ether oxygens (including phenoxy) is 1. The van der Waals surface area contributed by atoms with E-state index in [0.717, 1.165) is 11.1 Å². The van der Waals surface area contributed by atoms with Crippen molar-refractivity contribution in [3.63, 3.8) is 0 Å². The van der Waals surface area contributed by atoms with Gasteiger partial charge >= 0.3 is 6.09 Å². The maximum Gasteiger partial charge on any atom is 0.410 e. The Morgan fingerprint density at radius 2 is 1.59 bits per heavy atom. The molecule has 0 saturated carbocycles. The molecule has 1 heterocycles. The van der Waals surface area contributed by atoms with Crippen LogP contribution >= 0.6 is 0 Å². The number of carbonyl (C=O) groups excluding carboxylic acids is 1. The third-order valence-corrected chi connectivity index (χ3v) is 6.32. The van der Waals surface area contributed by atoms with Crippen molar-refractivity contribution in [2.24, 2.45) is 0 Å². The van der Waals surface area contributed by atoms with E-state index >= 15 is 0 Å². The molecular weight excluding hydrogens is 366 g/mol. The lowest BCUT2D eigenvalue weighted by Gasteiger charge is -2.29. The average Bonchev–Trinajstić information content (AvgIpc) is 2.94. The zero-order valence-corrected chi connectivity index (χ0v) is 15.7. The molecule has 1 amide bonds. The Morgan fingerprint density at radius 3 is 2.15 bits per heavy atom. The normalized spacial score (nSPS) is 20.9. The summed E-state index contributed by atoms with van der Waals surface area (Å²) in [5.41, 5.74) is 1.86. The van der Waals surface area contributed by atoms with Gasteiger partial charge in [-0.15, -0.1) is 0 Å². The number of amides is 1. The topological polar surface area (TPSA) is 83.9 Å². The molecule has 0 unspecified atom stereocenters. The van der Waals surface area contributed by atoms with Gasteiger partial charge in [-0.3, -0.25) is 0 Å². The number of hydrogen-bond acceptors (Lipinski definition) is 5. The minimum absolute atomic E-state index is 0.0943. The molecule has 0 aliphatic carbocycles. The standard InChI is InChI=1S/C20H23NO5S/c22-19-15-27(24,25)14-18(19)21(12-11-16-7-3-1-4-8-16)20(23)26-13-17-9-5-2-6-10-17/h1-10,18-19,22H,11-15H2/t18-,19-/m1/s1. The van der Waals surface area contributed by atoms with Crippen molar-refractivity contribution in [3.05, 3.63) is 71.8 Å². The van der Waals surface area contributed by atoms with Gasteiger partial charge in [0.2, 0.25) is 0 Å². The van der Waals surface area contributed by atoms with Gasteiger partial charge in [0.15, 0.2) is 9.84 Å². The zero-order chi connectivity index (χ0) is 19.3. The van der Waals surface area contributed by atoms with E-state index in [1.165, 1.54) is 4.90 Å². The second-order valence-corrected chi connectivity index (χ2v) is 8.83. The van der Waals surface area contributed by atoms with Crippen LogP contribution in [0.15, 0.2) is 60.7 Å². The number of carbonyl (C=O) groups is 1. The van der Waals surface area contributed by atoms with Gasteiger partial charge < -0.3 is 14.7 Å². The fraction of sp³-hybridized carbons (Fsp3) is 0.350. The van der Waals surface area contributed by atoms with Gasteiger partial charge in [0.25, 0.3) is 0 Å². The van der Waals surface area contributed by atoms with Gasteiger partial charge in [-0.2, -0.15) is 0 Å². The largest absolute Gasteiger partial charge is 0.445 e. The first-order valence-electron chi connectivity index (χ1n) is 8.84. The maximum absolute atomic E-state index is 12.7. The second kappa shape index (κ2) is 8.54. The Kier molecular flexibility index (Phi) is 6.13. The second-order valence-electron chi connectivity index (χ2n) is 6.68. The number of nitrogens with zero attached hydrogens (tertiary/aromatic N) is 1. The van der Waals surface area contributed by atoms with Gasteiger partial charge in [-0.1, -0.05) is 60.7 Å². The monoisotopic (exact) mass is 389 g/mol. The fourth-order valence-electron chi connectivity index (χ4n) is 3.20. The van der Waals surface area contributed by atoms with E-state index < -0.39 is 28.1 Å². The van der Waals surface area contributed by atoms with Crippen LogP contribution in [0.3, 0.4) is 0 Å². The lowest BCUT2D eigenvalue weighted by molar-refractivity contribution is 0.0507. The summed E-state index contributed by atoms with van der Waals surface area (Å²) in [5, 5.41) is 10.2. The highest BCUT2D eigenvalue weighted by Crippen LogP contribution is 2.20. The molecule has 3 rings (SSSR count). The smallest absolute Gasteiger partial charge is 0.410 e. The highest BCUT2D eigenvalue weighted by atomic mass is 32.2. The summed E-state index contributed by atoms with van der Waals surface area (Å²) in [7, 11) is -3.37.